The van der Waals surface area contributed by atoms with Crippen LogP contribution in [0.15, 0.2) is 36.5 Å². The van der Waals surface area contributed by atoms with Crippen LogP contribution in [0, 0.1) is 0 Å². The summed E-state index contributed by atoms with van der Waals surface area (Å²) in [5.41, 5.74) is 7.33. The van der Waals surface area contributed by atoms with Gasteiger partial charge < -0.3 is 16.0 Å². The van der Waals surface area contributed by atoms with Crippen molar-refractivity contribution in [2.45, 2.75) is 6.04 Å². The van der Waals surface area contributed by atoms with E-state index in [9.17, 15) is 4.79 Å². The third-order valence-corrected chi connectivity index (χ3v) is 3.76. The molecule has 1 amide bonds. The number of amides is 1. The van der Waals surface area contributed by atoms with Crippen molar-refractivity contribution in [3.63, 3.8) is 0 Å². The minimum atomic E-state index is 0.0422. The lowest BCUT2D eigenvalue weighted by atomic mass is 10.1. The maximum atomic E-state index is 12.8. The van der Waals surface area contributed by atoms with Gasteiger partial charge in [0.1, 0.15) is 0 Å². The van der Waals surface area contributed by atoms with Crippen LogP contribution in [-0.2, 0) is 0 Å². The van der Waals surface area contributed by atoms with Crippen LogP contribution in [0.2, 0.25) is 0 Å². The quantitative estimate of drug-likeness (QED) is 0.838. The standard InChI is InChI=1S/C15H18N4O/c16-9-11-10-17-7-8-19(11)15(20)13-3-1-5-14-12(13)4-2-6-18-14/h1-6,11,17H,7-10,16H2. The molecule has 0 spiro atoms. The first-order valence-electron chi connectivity index (χ1n) is 6.87. The van der Waals surface area contributed by atoms with Crippen molar-refractivity contribution < 1.29 is 4.79 Å². The van der Waals surface area contributed by atoms with Crippen LogP contribution in [0.1, 0.15) is 10.4 Å². The minimum Gasteiger partial charge on any atom is -0.332 e. The van der Waals surface area contributed by atoms with E-state index >= 15 is 0 Å². The van der Waals surface area contributed by atoms with Crippen LogP contribution in [0.5, 0.6) is 0 Å². The summed E-state index contributed by atoms with van der Waals surface area (Å²) in [6.07, 6.45) is 1.74. The summed E-state index contributed by atoms with van der Waals surface area (Å²) < 4.78 is 0. The second kappa shape index (κ2) is 5.56. The lowest BCUT2D eigenvalue weighted by molar-refractivity contribution is 0.0647. The average molecular weight is 270 g/mol. The Labute approximate surface area is 117 Å². The Bertz CT molecular complexity index is 623. The smallest absolute Gasteiger partial charge is 0.254 e. The van der Waals surface area contributed by atoms with Gasteiger partial charge in [-0.05, 0) is 18.2 Å². The van der Waals surface area contributed by atoms with Crippen LogP contribution < -0.4 is 11.1 Å². The number of rotatable bonds is 2. The van der Waals surface area contributed by atoms with Gasteiger partial charge in [-0.3, -0.25) is 9.78 Å². The number of nitrogens with two attached hydrogens (primary N) is 1. The number of carbonyl (C=O) groups excluding carboxylic acids is 1. The molecule has 3 rings (SSSR count). The van der Waals surface area contributed by atoms with E-state index < -0.39 is 0 Å². The van der Waals surface area contributed by atoms with Crippen LogP contribution >= 0.6 is 0 Å². The molecule has 1 atom stereocenters. The Morgan fingerprint density at radius 2 is 2.30 bits per heavy atom. The second-order valence-electron chi connectivity index (χ2n) is 4.97. The van der Waals surface area contributed by atoms with Gasteiger partial charge in [0.15, 0.2) is 0 Å². The van der Waals surface area contributed by atoms with Gasteiger partial charge in [0, 0.05) is 43.3 Å². The molecule has 1 unspecified atom stereocenters. The van der Waals surface area contributed by atoms with E-state index in [0.29, 0.717) is 18.7 Å². The summed E-state index contributed by atoms with van der Waals surface area (Å²) >= 11 is 0. The first-order valence-corrected chi connectivity index (χ1v) is 6.87. The number of fused-ring (bicyclic) bond motifs is 1. The SMILES string of the molecule is NCC1CNCCN1C(=O)c1cccc2ncccc12. The first kappa shape index (κ1) is 13.0. The van der Waals surface area contributed by atoms with Crippen molar-refractivity contribution in [2.75, 3.05) is 26.2 Å². The number of aromatic nitrogens is 1. The molecule has 1 aromatic heterocycles. The average Bonchev–Trinajstić information content (AvgIpc) is 2.53. The fourth-order valence-electron chi connectivity index (χ4n) is 2.68. The highest BCUT2D eigenvalue weighted by molar-refractivity contribution is 6.06. The minimum absolute atomic E-state index is 0.0422. The Balaban J connectivity index is 1.99. The zero-order valence-corrected chi connectivity index (χ0v) is 11.2. The molecule has 1 aliphatic heterocycles. The second-order valence-corrected chi connectivity index (χ2v) is 4.97. The predicted octanol–water partition coefficient (Wildman–Crippen LogP) is 0.608. The monoisotopic (exact) mass is 270 g/mol. The number of piperazine rings is 1. The van der Waals surface area contributed by atoms with Gasteiger partial charge in [-0.2, -0.15) is 0 Å². The highest BCUT2D eigenvalue weighted by Crippen LogP contribution is 2.19. The van der Waals surface area contributed by atoms with E-state index in [1.807, 2.05) is 35.2 Å². The van der Waals surface area contributed by atoms with Crippen LogP contribution in [0.3, 0.4) is 0 Å². The fraction of sp³-hybridized carbons (Fsp3) is 0.333. The Kier molecular flexibility index (Phi) is 3.62. The van der Waals surface area contributed by atoms with Crippen molar-refractivity contribution in [1.82, 2.24) is 15.2 Å². The van der Waals surface area contributed by atoms with E-state index in [1.165, 1.54) is 0 Å². The molecule has 20 heavy (non-hydrogen) atoms. The van der Waals surface area contributed by atoms with Gasteiger partial charge >= 0.3 is 0 Å². The molecule has 1 aromatic carbocycles. The Morgan fingerprint density at radius 1 is 1.40 bits per heavy atom. The lowest BCUT2D eigenvalue weighted by Gasteiger charge is -2.35. The number of nitrogens with zero attached hydrogens (tertiary/aromatic N) is 2. The van der Waals surface area contributed by atoms with Gasteiger partial charge in [0.25, 0.3) is 5.91 Å². The Hall–Kier alpha value is -1.98. The molecular weight excluding hydrogens is 252 g/mol. The maximum absolute atomic E-state index is 12.8. The van der Waals surface area contributed by atoms with Crippen molar-refractivity contribution in [1.29, 1.82) is 0 Å². The zero-order chi connectivity index (χ0) is 13.9. The molecule has 1 saturated heterocycles. The van der Waals surface area contributed by atoms with Crippen molar-refractivity contribution >= 4 is 16.8 Å². The van der Waals surface area contributed by atoms with Crippen LogP contribution in [0.4, 0.5) is 0 Å². The zero-order valence-electron chi connectivity index (χ0n) is 11.2. The molecule has 5 heteroatoms. The third-order valence-electron chi connectivity index (χ3n) is 3.76. The highest BCUT2D eigenvalue weighted by atomic mass is 16.2. The summed E-state index contributed by atoms with van der Waals surface area (Å²) in [6, 6.07) is 9.52. The molecule has 1 fully saturated rings. The largest absolute Gasteiger partial charge is 0.332 e. The van der Waals surface area contributed by atoms with E-state index in [2.05, 4.69) is 10.3 Å². The van der Waals surface area contributed by atoms with Crippen LogP contribution in [-0.4, -0.2) is 48.0 Å². The normalized spacial score (nSPS) is 19.2. The number of carbonyl (C=O) groups is 1. The number of benzene rings is 1. The summed E-state index contributed by atoms with van der Waals surface area (Å²) in [6.45, 7) is 2.73. The molecule has 0 saturated carbocycles. The molecule has 104 valence electrons. The number of pyridine rings is 1. The van der Waals surface area contributed by atoms with Crippen molar-refractivity contribution in [2.24, 2.45) is 5.73 Å². The molecule has 0 aliphatic carbocycles. The summed E-state index contributed by atoms with van der Waals surface area (Å²) in [5.74, 6) is 0.0422. The number of nitrogens with one attached hydrogen (secondary N) is 1. The Morgan fingerprint density at radius 3 is 3.15 bits per heavy atom. The van der Waals surface area contributed by atoms with E-state index in [-0.39, 0.29) is 11.9 Å². The third kappa shape index (κ3) is 2.26. The number of hydrogen-bond acceptors (Lipinski definition) is 4. The first-order chi connectivity index (χ1) is 9.81. The van der Waals surface area contributed by atoms with Crippen LogP contribution in [0.25, 0.3) is 10.9 Å². The van der Waals surface area contributed by atoms with Crippen molar-refractivity contribution in [3.8, 4) is 0 Å². The lowest BCUT2D eigenvalue weighted by Crippen LogP contribution is -2.56. The number of hydrogen-bond donors (Lipinski definition) is 2. The molecule has 2 heterocycles. The van der Waals surface area contributed by atoms with E-state index in [4.69, 9.17) is 5.73 Å². The highest BCUT2D eigenvalue weighted by Gasteiger charge is 2.27. The molecular formula is C15H18N4O. The van der Waals surface area contributed by atoms with Gasteiger partial charge in [-0.1, -0.05) is 12.1 Å². The van der Waals surface area contributed by atoms with E-state index in [0.717, 1.165) is 24.0 Å². The predicted molar refractivity (Wildman–Crippen MR) is 78.5 cm³/mol. The summed E-state index contributed by atoms with van der Waals surface area (Å²) in [5, 5.41) is 4.17. The maximum Gasteiger partial charge on any atom is 0.254 e. The fourth-order valence-corrected chi connectivity index (χ4v) is 2.68. The molecule has 0 radical (unpaired) electrons. The molecule has 2 aromatic rings. The van der Waals surface area contributed by atoms with Gasteiger partial charge in [0.2, 0.25) is 0 Å². The summed E-state index contributed by atoms with van der Waals surface area (Å²) in [7, 11) is 0. The molecule has 3 N–H and O–H groups in total. The molecule has 5 nitrogen and oxygen atoms in total. The van der Waals surface area contributed by atoms with Gasteiger partial charge in [-0.25, -0.2) is 0 Å². The van der Waals surface area contributed by atoms with Gasteiger partial charge in [-0.15, -0.1) is 0 Å². The van der Waals surface area contributed by atoms with Crippen molar-refractivity contribution in [3.05, 3.63) is 42.1 Å². The summed E-state index contributed by atoms with van der Waals surface area (Å²) in [4.78, 5) is 19.0. The van der Waals surface area contributed by atoms with E-state index in [1.54, 1.807) is 6.20 Å². The topological polar surface area (TPSA) is 71.2 Å². The van der Waals surface area contributed by atoms with Gasteiger partial charge in [0.05, 0.1) is 11.6 Å². The molecule has 0 bridgehead atoms. The molecule has 1 aliphatic rings.